The molecule has 0 saturated heterocycles. The molecule has 0 bridgehead atoms. The number of benzene rings is 1. The van der Waals surface area contributed by atoms with Crippen LogP contribution >= 0.6 is 0 Å². The van der Waals surface area contributed by atoms with Gasteiger partial charge in [0.05, 0.1) is 11.2 Å². The smallest absolute Gasteiger partial charge is 0.173 e. The summed E-state index contributed by atoms with van der Waals surface area (Å²) in [4.78, 5) is 28.6. The van der Waals surface area contributed by atoms with Gasteiger partial charge >= 0.3 is 0 Å². The second-order valence-electron chi connectivity index (χ2n) is 4.37. The number of aromatic nitrogens is 1. The Balaban J connectivity index is 0.000000246. The van der Waals surface area contributed by atoms with E-state index in [-0.39, 0.29) is 5.78 Å². The molecule has 1 aromatic carbocycles. The first-order valence-electron chi connectivity index (χ1n) is 6.25. The van der Waals surface area contributed by atoms with Crippen molar-refractivity contribution in [2.24, 2.45) is 4.99 Å². The van der Waals surface area contributed by atoms with Crippen LogP contribution < -0.4 is 0 Å². The quantitative estimate of drug-likeness (QED) is 0.622. The van der Waals surface area contributed by atoms with E-state index in [0.29, 0.717) is 11.4 Å². The molecule has 1 heterocycles. The second kappa shape index (κ2) is 7.28. The van der Waals surface area contributed by atoms with E-state index in [9.17, 15) is 9.59 Å². The van der Waals surface area contributed by atoms with Crippen molar-refractivity contribution < 1.29 is 9.59 Å². The van der Waals surface area contributed by atoms with Crippen molar-refractivity contribution in [3.63, 3.8) is 0 Å². The van der Waals surface area contributed by atoms with Gasteiger partial charge in [-0.05, 0) is 25.5 Å². The highest BCUT2D eigenvalue weighted by Gasteiger charge is 1.98. The maximum Gasteiger partial charge on any atom is 0.173 e. The molecule has 0 atom stereocenters. The lowest BCUT2D eigenvalue weighted by molar-refractivity contribution is -0.111. The number of Topliss-reactive ketones (excluding diaryl/α,β-unsaturated/α-hetero) is 1. The SMILES string of the molecule is C/N=C(/C)C(C)=O.Cc1cccc2ccc(C=O)nc12. The van der Waals surface area contributed by atoms with Crippen LogP contribution in [0.4, 0.5) is 0 Å². The fraction of sp³-hybridized carbons (Fsp3) is 0.250. The largest absolute Gasteiger partial charge is 0.296 e. The minimum Gasteiger partial charge on any atom is -0.296 e. The van der Waals surface area contributed by atoms with Crippen molar-refractivity contribution >= 4 is 28.7 Å². The standard InChI is InChI=1S/C11H9NO.C5H9NO/c1-8-3-2-4-9-5-6-10(7-13)12-11(8)9;1-4(6-3)5(2)7/h2-7H,1H3;1-3H3/b;6-4-. The number of rotatable bonds is 2. The molecule has 4 heteroatoms. The number of aliphatic imine (C=N–C) groups is 1. The van der Waals surface area contributed by atoms with E-state index in [0.717, 1.165) is 22.8 Å². The molecule has 104 valence electrons. The number of carbonyl (C=O) groups is 2. The summed E-state index contributed by atoms with van der Waals surface area (Å²) in [6, 6.07) is 9.61. The number of carbonyl (C=O) groups excluding carboxylic acids is 2. The molecule has 0 spiro atoms. The molecule has 0 amide bonds. The fourth-order valence-corrected chi connectivity index (χ4v) is 1.53. The molecule has 0 aliphatic carbocycles. The van der Waals surface area contributed by atoms with Crippen LogP contribution in [0, 0.1) is 6.92 Å². The van der Waals surface area contributed by atoms with Gasteiger partial charge in [-0.2, -0.15) is 0 Å². The molecule has 2 aromatic rings. The number of hydrogen-bond donors (Lipinski definition) is 0. The van der Waals surface area contributed by atoms with Gasteiger partial charge in [-0.3, -0.25) is 14.6 Å². The molecule has 0 aliphatic rings. The zero-order valence-electron chi connectivity index (χ0n) is 12.2. The second-order valence-corrected chi connectivity index (χ2v) is 4.37. The summed E-state index contributed by atoms with van der Waals surface area (Å²) in [5.74, 6) is 0.0440. The Morgan fingerprint density at radius 2 is 1.90 bits per heavy atom. The number of aldehydes is 1. The van der Waals surface area contributed by atoms with Crippen molar-refractivity contribution in [3.05, 3.63) is 41.6 Å². The molecule has 0 radical (unpaired) electrons. The maximum absolute atomic E-state index is 10.5. The van der Waals surface area contributed by atoms with Gasteiger partial charge in [0.15, 0.2) is 12.1 Å². The molecular weight excluding hydrogens is 252 g/mol. The van der Waals surface area contributed by atoms with E-state index >= 15 is 0 Å². The Bertz CT molecular complexity index is 661. The van der Waals surface area contributed by atoms with E-state index in [1.165, 1.54) is 6.92 Å². The van der Waals surface area contributed by atoms with E-state index in [1.54, 1.807) is 20.0 Å². The van der Waals surface area contributed by atoms with Crippen LogP contribution in [0.25, 0.3) is 10.9 Å². The molecule has 0 saturated carbocycles. The molecule has 0 aliphatic heterocycles. The minimum atomic E-state index is 0.0440. The van der Waals surface area contributed by atoms with Crippen LogP contribution in [-0.2, 0) is 4.79 Å². The first kappa shape index (κ1) is 15.7. The third-order valence-electron chi connectivity index (χ3n) is 2.91. The van der Waals surface area contributed by atoms with Gasteiger partial charge in [0.1, 0.15) is 5.69 Å². The Kier molecular flexibility index (Phi) is 5.72. The van der Waals surface area contributed by atoms with Gasteiger partial charge in [0.2, 0.25) is 0 Å². The van der Waals surface area contributed by atoms with E-state index in [4.69, 9.17) is 0 Å². The fourth-order valence-electron chi connectivity index (χ4n) is 1.53. The maximum atomic E-state index is 10.5. The Morgan fingerprint density at radius 1 is 1.20 bits per heavy atom. The Morgan fingerprint density at radius 3 is 2.40 bits per heavy atom. The van der Waals surface area contributed by atoms with Gasteiger partial charge < -0.3 is 0 Å². The third kappa shape index (κ3) is 4.09. The number of fused-ring (bicyclic) bond motifs is 1. The Hall–Kier alpha value is -2.36. The van der Waals surface area contributed by atoms with Crippen LogP contribution in [0.5, 0.6) is 0 Å². The lowest BCUT2D eigenvalue weighted by Gasteiger charge is -2.00. The van der Waals surface area contributed by atoms with Gasteiger partial charge in [-0.1, -0.05) is 24.3 Å². The lowest BCUT2D eigenvalue weighted by atomic mass is 10.1. The number of aryl methyl sites for hydroxylation is 1. The van der Waals surface area contributed by atoms with Gasteiger partial charge in [0, 0.05) is 19.4 Å². The summed E-state index contributed by atoms with van der Waals surface area (Å²) in [5, 5.41) is 1.07. The summed E-state index contributed by atoms with van der Waals surface area (Å²) in [6.45, 7) is 5.19. The number of ketones is 1. The molecular formula is C16H18N2O2. The summed E-state index contributed by atoms with van der Waals surface area (Å²) in [5.41, 5.74) is 3.08. The zero-order chi connectivity index (χ0) is 15.1. The summed E-state index contributed by atoms with van der Waals surface area (Å²) >= 11 is 0. The molecule has 0 unspecified atom stereocenters. The number of nitrogens with zero attached hydrogens (tertiary/aromatic N) is 2. The van der Waals surface area contributed by atoms with Crippen LogP contribution in [-0.4, -0.2) is 29.8 Å². The van der Waals surface area contributed by atoms with Crippen molar-refractivity contribution in [2.45, 2.75) is 20.8 Å². The van der Waals surface area contributed by atoms with E-state index < -0.39 is 0 Å². The predicted octanol–water partition coefficient (Wildman–Crippen LogP) is 3.02. The van der Waals surface area contributed by atoms with Crippen LogP contribution in [0.3, 0.4) is 0 Å². The molecule has 4 nitrogen and oxygen atoms in total. The third-order valence-corrected chi connectivity index (χ3v) is 2.91. The van der Waals surface area contributed by atoms with Crippen molar-refractivity contribution in [1.29, 1.82) is 0 Å². The average Bonchev–Trinajstić information content (AvgIpc) is 2.47. The Labute approximate surface area is 118 Å². The topological polar surface area (TPSA) is 59.4 Å². The monoisotopic (exact) mass is 270 g/mol. The summed E-state index contributed by atoms with van der Waals surface area (Å²) in [6.07, 6.45) is 0.770. The van der Waals surface area contributed by atoms with E-state index in [1.807, 2.05) is 31.2 Å². The van der Waals surface area contributed by atoms with Crippen LogP contribution in [0.2, 0.25) is 0 Å². The van der Waals surface area contributed by atoms with Crippen LogP contribution in [0.15, 0.2) is 35.3 Å². The summed E-state index contributed by atoms with van der Waals surface area (Å²) < 4.78 is 0. The summed E-state index contributed by atoms with van der Waals surface area (Å²) in [7, 11) is 1.61. The van der Waals surface area contributed by atoms with Gasteiger partial charge in [0.25, 0.3) is 0 Å². The van der Waals surface area contributed by atoms with Crippen molar-refractivity contribution in [1.82, 2.24) is 4.98 Å². The normalized spacial score (nSPS) is 10.7. The highest BCUT2D eigenvalue weighted by Crippen LogP contribution is 2.15. The van der Waals surface area contributed by atoms with Gasteiger partial charge in [-0.25, -0.2) is 4.98 Å². The highest BCUT2D eigenvalue weighted by atomic mass is 16.1. The molecule has 0 N–H and O–H groups in total. The molecule has 2 rings (SSSR count). The first-order chi connectivity index (χ1) is 9.49. The molecule has 0 fully saturated rings. The average molecular weight is 270 g/mol. The van der Waals surface area contributed by atoms with Crippen molar-refractivity contribution in [2.75, 3.05) is 7.05 Å². The predicted molar refractivity (Wildman–Crippen MR) is 81.6 cm³/mol. The number of para-hydroxylation sites is 1. The minimum absolute atomic E-state index is 0.0440. The lowest BCUT2D eigenvalue weighted by Crippen LogP contribution is -2.02. The molecule has 20 heavy (non-hydrogen) atoms. The van der Waals surface area contributed by atoms with Crippen molar-refractivity contribution in [3.8, 4) is 0 Å². The number of hydrogen-bond acceptors (Lipinski definition) is 4. The van der Waals surface area contributed by atoms with Crippen LogP contribution in [0.1, 0.15) is 29.9 Å². The number of pyridine rings is 1. The highest BCUT2D eigenvalue weighted by molar-refractivity contribution is 6.37. The van der Waals surface area contributed by atoms with E-state index in [2.05, 4.69) is 9.98 Å². The molecule has 1 aromatic heterocycles. The first-order valence-corrected chi connectivity index (χ1v) is 6.25. The van der Waals surface area contributed by atoms with Gasteiger partial charge in [-0.15, -0.1) is 0 Å². The zero-order valence-corrected chi connectivity index (χ0v) is 12.2.